The van der Waals surface area contributed by atoms with Gasteiger partial charge in [-0.2, -0.15) is 0 Å². The first-order chi connectivity index (χ1) is 11.9. The summed E-state index contributed by atoms with van der Waals surface area (Å²) in [4.78, 5) is 28.5. The summed E-state index contributed by atoms with van der Waals surface area (Å²) in [6.45, 7) is 3.58. The van der Waals surface area contributed by atoms with Gasteiger partial charge in [0.25, 0.3) is 0 Å². The van der Waals surface area contributed by atoms with E-state index in [2.05, 4.69) is 15.6 Å². The molecule has 0 radical (unpaired) electrons. The number of alkyl halides is 1. The number of benzene rings is 1. The van der Waals surface area contributed by atoms with Crippen molar-refractivity contribution in [2.75, 3.05) is 24.0 Å². The van der Waals surface area contributed by atoms with Crippen LogP contribution in [0.25, 0.3) is 11.3 Å². The number of nitrogens with zero attached hydrogens (tertiary/aromatic N) is 1. The first-order valence-corrected chi connectivity index (χ1v) is 9.98. The zero-order chi connectivity index (χ0) is 18.4. The number of hydrogen-bond acceptors (Lipinski definition) is 5. The fraction of sp³-hybridized carbons (Fsp3) is 0.353. The van der Waals surface area contributed by atoms with Crippen LogP contribution in [0.5, 0.6) is 0 Å². The number of thiazole rings is 1. The number of rotatable bonds is 7. The Morgan fingerprint density at radius 2 is 1.96 bits per heavy atom. The van der Waals surface area contributed by atoms with Crippen LogP contribution in [0.15, 0.2) is 34.7 Å². The molecule has 0 saturated carbocycles. The number of nitrogens with one attached hydrogen (secondary N) is 2. The summed E-state index contributed by atoms with van der Waals surface area (Å²) in [7, 11) is 1.60. The van der Waals surface area contributed by atoms with Gasteiger partial charge < -0.3 is 10.6 Å². The van der Waals surface area contributed by atoms with E-state index < -0.39 is 5.41 Å². The molecular weight excluding hydrogens is 378 g/mol. The van der Waals surface area contributed by atoms with Gasteiger partial charge in [0, 0.05) is 18.5 Å². The lowest BCUT2D eigenvalue weighted by Crippen LogP contribution is -2.32. The standard InChI is InChI=1S/C17H20ClN3O2S2/c1-17(2,10-18)15(23)21-14-13(11-7-5-4-6-8-11)20-16(25-14)24-9-12(22)19-3/h4-8H,9-10H2,1-3H3,(H,19,22)(H,21,23). The highest BCUT2D eigenvalue weighted by Gasteiger charge is 2.28. The Morgan fingerprint density at radius 3 is 2.56 bits per heavy atom. The Hall–Kier alpha value is -1.57. The number of carbonyl (C=O) groups excluding carboxylic acids is 2. The van der Waals surface area contributed by atoms with E-state index in [9.17, 15) is 9.59 Å². The van der Waals surface area contributed by atoms with Gasteiger partial charge in [-0.25, -0.2) is 4.98 Å². The van der Waals surface area contributed by atoms with Gasteiger partial charge in [0.1, 0.15) is 10.7 Å². The lowest BCUT2D eigenvalue weighted by Gasteiger charge is -2.19. The second-order valence-electron chi connectivity index (χ2n) is 5.96. The van der Waals surface area contributed by atoms with Crippen LogP contribution in [-0.2, 0) is 9.59 Å². The predicted octanol–water partition coefficient (Wildman–Crippen LogP) is 3.85. The largest absolute Gasteiger partial charge is 0.358 e. The molecule has 0 fully saturated rings. The quantitative estimate of drug-likeness (QED) is 0.549. The molecule has 0 spiro atoms. The molecule has 0 aliphatic carbocycles. The fourth-order valence-electron chi connectivity index (χ4n) is 1.77. The summed E-state index contributed by atoms with van der Waals surface area (Å²) in [5.41, 5.74) is 0.919. The highest BCUT2D eigenvalue weighted by molar-refractivity contribution is 8.01. The first kappa shape index (κ1) is 19.8. The maximum absolute atomic E-state index is 12.5. The van der Waals surface area contributed by atoms with Gasteiger partial charge in [-0.05, 0) is 13.8 Å². The highest BCUT2D eigenvalue weighted by atomic mass is 35.5. The van der Waals surface area contributed by atoms with E-state index in [-0.39, 0.29) is 23.4 Å². The monoisotopic (exact) mass is 397 g/mol. The van der Waals surface area contributed by atoms with Crippen molar-refractivity contribution in [3.8, 4) is 11.3 Å². The summed E-state index contributed by atoms with van der Waals surface area (Å²) >= 11 is 8.59. The van der Waals surface area contributed by atoms with Crippen LogP contribution in [0.1, 0.15) is 13.8 Å². The van der Waals surface area contributed by atoms with Gasteiger partial charge in [0.2, 0.25) is 11.8 Å². The topological polar surface area (TPSA) is 71.1 Å². The molecule has 2 N–H and O–H groups in total. The number of thioether (sulfide) groups is 1. The number of carbonyl (C=O) groups is 2. The van der Waals surface area contributed by atoms with E-state index in [1.165, 1.54) is 23.1 Å². The lowest BCUT2D eigenvalue weighted by molar-refractivity contribution is -0.123. The molecule has 5 nitrogen and oxygen atoms in total. The molecule has 1 aromatic carbocycles. The maximum atomic E-state index is 12.5. The van der Waals surface area contributed by atoms with Crippen molar-refractivity contribution in [2.24, 2.45) is 5.41 Å². The number of halogens is 1. The van der Waals surface area contributed by atoms with Crippen LogP contribution in [-0.4, -0.2) is 35.5 Å². The van der Waals surface area contributed by atoms with E-state index in [4.69, 9.17) is 11.6 Å². The third-order valence-corrected chi connectivity index (χ3v) is 6.22. The number of anilines is 1. The van der Waals surface area contributed by atoms with Crippen molar-refractivity contribution in [2.45, 2.75) is 18.2 Å². The van der Waals surface area contributed by atoms with Crippen LogP contribution in [0.3, 0.4) is 0 Å². The zero-order valence-corrected chi connectivity index (χ0v) is 16.6. The molecule has 2 rings (SSSR count). The molecule has 1 aromatic heterocycles. The lowest BCUT2D eigenvalue weighted by atomic mass is 9.95. The summed E-state index contributed by atoms with van der Waals surface area (Å²) in [6, 6.07) is 9.63. The minimum atomic E-state index is -0.686. The van der Waals surface area contributed by atoms with Gasteiger partial charge in [-0.3, -0.25) is 9.59 Å². The van der Waals surface area contributed by atoms with E-state index in [0.29, 0.717) is 10.7 Å². The molecule has 0 saturated heterocycles. The van der Waals surface area contributed by atoms with Crippen molar-refractivity contribution in [3.05, 3.63) is 30.3 Å². The SMILES string of the molecule is CNC(=O)CSc1nc(-c2ccccc2)c(NC(=O)C(C)(C)CCl)s1. The Labute approximate surface area is 160 Å². The van der Waals surface area contributed by atoms with Crippen molar-refractivity contribution < 1.29 is 9.59 Å². The zero-order valence-electron chi connectivity index (χ0n) is 14.3. The fourth-order valence-corrected chi connectivity index (χ4v) is 3.83. The van der Waals surface area contributed by atoms with E-state index in [1.807, 2.05) is 30.3 Å². The van der Waals surface area contributed by atoms with Crippen LogP contribution in [0.2, 0.25) is 0 Å². The molecular formula is C17H20ClN3O2S2. The first-order valence-electron chi connectivity index (χ1n) is 7.64. The second kappa shape index (κ2) is 8.69. The molecule has 0 atom stereocenters. The molecule has 134 valence electrons. The average Bonchev–Trinajstić information content (AvgIpc) is 3.03. The number of hydrogen-bond donors (Lipinski definition) is 2. The summed E-state index contributed by atoms with van der Waals surface area (Å²) in [6.07, 6.45) is 0. The van der Waals surface area contributed by atoms with E-state index >= 15 is 0 Å². The molecule has 2 aromatic rings. The van der Waals surface area contributed by atoms with Crippen molar-refractivity contribution in [1.29, 1.82) is 0 Å². The molecule has 2 amide bonds. The smallest absolute Gasteiger partial charge is 0.231 e. The van der Waals surface area contributed by atoms with Gasteiger partial charge in [0.15, 0.2) is 4.34 Å². The van der Waals surface area contributed by atoms with Crippen LogP contribution in [0.4, 0.5) is 5.00 Å². The summed E-state index contributed by atoms with van der Waals surface area (Å²) in [5, 5.41) is 6.18. The van der Waals surface area contributed by atoms with Gasteiger partial charge >= 0.3 is 0 Å². The molecule has 25 heavy (non-hydrogen) atoms. The Balaban J connectivity index is 2.31. The van der Waals surface area contributed by atoms with E-state index in [1.54, 1.807) is 20.9 Å². The predicted molar refractivity (Wildman–Crippen MR) is 105 cm³/mol. The Kier molecular flexibility index (Phi) is 6.87. The molecule has 1 heterocycles. The molecule has 0 aliphatic heterocycles. The molecule has 0 aliphatic rings. The minimum Gasteiger partial charge on any atom is -0.358 e. The Morgan fingerprint density at radius 1 is 1.28 bits per heavy atom. The third-order valence-electron chi connectivity index (χ3n) is 3.44. The average molecular weight is 398 g/mol. The van der Waals surface area contributed by atoms with Crippen molar-refractivity contribution in [3.63, 3.8) is 0 Å². The third kappa shape index (κ3) is 5.20. The molecule has 8 heteroatoms. The summed E-state index contributed by atoms with van der Waals surface area (Å²) < 4.78 is 0.724. The normalized spacial score (nSPS) is 11.2. The second-order valence-corrected chi connectivity index (χ2v) is 8.45. The Bertz CT molecular complexity index is 748. The van der Waals surface area contributed by atoms with Crippen LogP contribution < -0.4 is 10.6 Å². The summed E-state index contributed by atoms with van der Waals surface area (Å²) in [5.74, 6) is 0.261. The van der Waals surface area contributed by atoms with Crippen molar-refractivity contribution >= 4 is 51.5 Å². The van der Waals surface area contributed by atoms with Gasteiger partial charge in [-0.1, -0.05) is 53.4 Å². The van der Waals surface area contributed by atoms with Crippen molar-refractivity contribution in [1.82, 2.24) is 10.3 Å². The molecule has 0 unspecified atom stereocenters. The van der Waals surface area contributed by atoms with Crippen LogP contribution in [0, 0.1) is 5.41 Å². The van der Waals surface area contributed by atoms with E-state index in [0.717, 1.165) is 9.90 Å². The number of amides is 2. The highest BCUT2D eigenvalue weighted by Crippen LogP contribution is 2.38. The maximum Gasteiger partial charge on any atom is 0.231 e. The van der Waals surface area contributed by atoms with Gasteiger partial charge in [0.05, 0.1) is 11.2 Å². The number of aromatic nitrogens is 1. The van der Waals surface area contributed by atoms with Gasteiger partial charge in [-0.15, -0.1) is 11.6 Å². The molecule has 0 bridgehead atoms. The van der Waals surface area contributed by atoms with Crippen LogP contribution >= 0.6 is 34.7 Å². The minimum absolute atomic E-state index is 0.0738.